The summed E-state index contributed by atoms with van der Waals surface area (Å²) < 4.78 is 1.96. The van der Waals surface area contributed by atoms with Crippen LogP contribution in [-0.2, 0) is 13.1 Å². The number of aryl methyl sites for hydroxylation is 1. The smallest absolute Gasteiger partial charge is 0.140 e. The third-order valence-corrected chi connectivity index (χ3v) is 2.85. The van der Waals surface area contributed by atoms with E-state index < -0.39 is 0 Å². The fourth-order valence-corrected chi connectivity index (χ4v) is 1.90. The van der Waals surface area contributed by atoms with E-state index >= 15 is 0 Å². The molecule has 1 rings (SSSR count). The predicted octanol–water partition coefficient (Wildman–Crippen LogP) is 2.19. The number of halogens is 1. The maximum atomic E-state index is 5.74. The summed E-state index contributed by atoms with van der Waals surface area (Å²) in [6.45, 7) is 6.01. The molecule has 0 amide bonds. The zero-order chi connectivity index (χ0) is 11.8. The summed E-state index contributed by atoms with van der Waals surface area (Å²) in [7, 11) is 0. The Kier molecular flexibility index (Phi) is 6.42. The molecule has 0 bridgehead atoms. The van der Waals surface area contributed by atoms with Crippen LogP contribution < -0.4 is 5.32 Å². The molecule has 1 aromatic heterocycles. The van der Waals surface area contributed by atoms with Crippen LogP contribution in [0.5, 0.6) is 0 Å². The Hall–Kier alpha value is -0.610. The Morgan fingerprint density at radius 1 is 1.50 bits per heavy atom. The van der Waals surface area contributed by atoms with E-state index in [-0.39, 0.29) is 0 Å². The molecular formula is C11H21ClN4. The van der Waals surface area contributed by atoms with Gasteiger partial charge in [-0.25, -0.2) is 9.67 Å². The molecule has 16 heavy (non-hydrogen) atoms. The molecule has 5 heteroatoms. The maximum absolute atomic E-state index is 5.74. The Bertz CT molecular complexity index is 287. The standard InChI is InChI=1S/C11H21ClN4/c1-3-7-16-11(14-9-15-16)8-13-10(4-2)5-6-12/h9-10,13H,3-8H2,1-2H3. The van der Waals surface area contributed by atoms with E-state index in [0.717, 1.165) is 38.2 Å². The van der Waals surface area contributed by atoms with Crippen LogP contribution in [0, 0.1) is 0 Å². The molecule has 0 spiro atoms. The van der Waals surface area contributed by atoms with E-state index in [9.17, 15) is 0 Å². The average molecular weight is 245 g/mol. The van der Waals surface area contributed by atoms with Crippen molar-refractivity contribution in [2.24, 2.45) is 0 Å². The zero-order valence-corrected chi connectivity index (χ0v) is 10.9. The summed E-state index contributed by atoms with van der Waals surface area (Å²) in [5.41, 5.74) is 0. The lowest BCUT2D eigenvalue weighted by molar-refractivity contribution is 0.459. The van der Waals surface area contributed by atoms with Crippen LogP contribution in [0.4, 0.5) is 0 Å². The number of nitrogens with one attached hydrogen (secondary N) is 1. The second-order valence-electron chi connectivity index (χ2n) is 3.86. The van der Waals surface area contributed by atoms with Crippen LogP contribution in [-0.4, -0.2) is 26.7 Å². The normalized spacial score (nSPS) is 12.9. The van der Waals surface area contributed by atoms with Gasteiger partial charge in [0.15, 0.2) is 0 Å². The maximum Gasteiger partial charge on any atom is 0.140 e. The van der Waals surface area contributed by atoms with Crippen molar-refractivity contribution >= 4 is 11.6 Å². The lowest BCUT2D eigenvalue weighted by atomic mass is 10.2. The van der Waals surface area contributed by atoms with Crippen molar-refractivity contribution in [1.82, 2.24) is 20.1 Å². The topological polar surface area (TPSA) is 42.7 Å². The molecule has 1 aromatic rings. The molecule has 1 heterocycles. The van der Waals surface area contributed by atoms with Gasteiger partial charge >= 0.3 is 0 Å². The number of rotatable bonds is 8. The molecule has 92 valence electrons. The van der Waals surface area contributed by atoms with Gasteiger partial charge in [0, 0.05) is 18.5 Å². The van der Waals surface area contributed by atoms with Crippen molar-refractivity contribution in [3.05, 3.63) is 12.2 Å². The first-order chi connectivity index (χ1) is 7.81. The number of hydrogen-bond donors (Lipinski definition) is 1. The van der Waals surface area contributed by atoms with E-state index in [1.165, 1.54) is 0 Å². The monoisotopic (exact) mass is 244 g/mol. The first-order valence-electron chi connectivity index (χ1n) is 5.97. The van der Waals surface area contributed by atoms with Crippen molar-refractivity contribution in [2.45, 2.75) is 52.2 Å². The zero-order valence-electron chi connectivity index (χ0n) is 10.1. The van der Waals surface area contributed by atoms with Gasteiger partial charge in [0.25, 0.3) is 0 Å². The highest BCUT2D eigenvalue weighted by Gasteiger charge is 2.07. The largest absolute Gasteiger partial charge is 0.307 e. The fourth-order valence-electron chi connectivity index (χ4n) is 1.64. The molecule has 0 aliphatic heterocycles. The van der Waals surface area contributed by atoms with Crippen LogP contribution in [0.15, 0.2) is 6.33 Å². The fraction of sp³-hybridized carbons (Fsp3) is 0.818. The van der Waals surface area contributed by atoms with Crippen molar-refractivity contribution in [1.29, 1.82) is 0 Å². The quantitative estimate of drug-likeness (QED) is 0.713. The van der Waals surface area contributed by atoms with Crippen molar-refractivity contribution in [3.63, 3.8) is 0 Å². The van der Waals surface area contributed by atoms with Crippen LogP contribution in [0.3, 0.4) is 0 Å². The molecule has 0 aliphatic carbocycles. The lowest BCUT2D eigenvalue weighted by Crippen LogP contribution is -2.29. The lowest BCUT2D eigenvalue weighted by Gasteiger charge is -2.15. The average Bonchev–Trinajstić information content (AvgIpc) is 2.72. The molecular weight excluding hydrogens is 224 g/mol. The van der Waals surface area contributed by atoms with Crippen molar-refractivity contribution in [2.75, 3.05) is 5.88 Å². The van der Waals surface area contributed by atoms with Gasteiger partial charge < -0.3 is 5.32 Å². The highest BCUT2D eigenvalue weighted by molar-refractivity contribution is 6.17. The molecule has 1 N–H and O–H groups in total. The molecule has 4 nitrogen and oxygen atoms in total. The summed E-state index contributed by atoms with van der Waals surface area (Å²) in [6.07, 6.45) is 4.79. The summed E-state index contributed by atoms with van der Waals surface area (Å²) in [4.78, 5) is 4.26. The van der Waals surface area contributed by atoms with E-state index in [2.05, 4.69) is 29.2 Å². The van der Waals surface area contributed by atoms with E-state index in [1.807, 2.05) is 4.68 Å². The molecule has 1 atom stereocenters. The Morgan fingerprint density at radius 2 is 2.31 bits per heavy atom. The van der Waals surface area contributed by atoms with Gasteiger partial charge in [0.1, 0.15) is 12.2 Å². The van der Waals surface area contributed by atoms with Crippen molar-refractivity contribution in [3.8, 4) is 0 Å². The molecule has 0 aliphatic rings. The molecule has 0 radical (unpaired) electrons. The van der Waals surface area contributed by atoms with Gasteiger partial charge in [-0.15, -0.1) is 11.6 Å². The number of alkyl halides is 1. The van der Waals surface area contributed by atoms with E-state index in [4.69, 9.17) is 11.6 Å². The first-order valence-corrected chi connectivity index (χ1v) is 6.51. The summed E-state index contributed by atoms with van der Waals surface area (Å²) in [5.74, 6) is 1.71. The Morgan fingerprint density at radius 3 is 2.94 bits per heavy atom. The van der Waals surface area contributed by atoms with E-state index in [1.54, 1.807) is 6.33 Å². The Balaban J connectivity index is 2.43. The minimum Gasteiger partial charge on any atom is -0.307 e. The second-order valence-corrected chi connectivity index (χ2v) is 4.24. The number of aromatic nitrogens is 3. The summed E-state index contributed by atoms with van der Waals surface area (Å²) in [6, 6.07) is 0.476. The number of hydrogen-bond acceptors (Lipinski definition) is 3. The molecule has 0 aromatic carbocycles. The molecule has 0 saturated heterocycles. The van der Waals surface area contributed by atoms with Gasteiger partial charge in [-0.1, -0.05) is 13.8 Å². The van der Waals surface area contributed by atoms with Crippen molar-refractivity contribution < 1.29 is 0 Å². The number of nitrogens with zero attached hydrogens (tertiary/aromatic N) is 3. The highest BCUT2D eigenvalue weighted by Crippen LogP contribution is 2.02. The van der Waals surface area contributed by atoms with Crippen LogP contribution >= 0.6 is 11.6 Å². The summed E-state index contributed by atoms with van der Waals surface area (Å²) in [5, 5.41) is 7.66. The van der Waals surface area contributed by atoms with Gasteiger partial charge in [-0.05, 0) is 19.3 Å². The molecule has 1 unspecified atom stereocenters. The first kappa shape index (κ1) is 13.5. The van der Waals surface area contributed by atoms with Crippen LogP contribution in [0.2, 0.25) is 0 Å². The van der Waals surface area contributed by atoms with E-state index in [0.29, 0.717) is 11.9 Å². The predicted molar refractivity (Wildman–Crippen MR) is 66.6 cm³/mol. The summed E-state index contributed by atoms with van der Waals surface area (Å²) >= 11 is 5.74. The minimum absolute atomic E-state index is 0.476. The van der Waals surface area contributed by atoms with Gasteiger partial charge in [-0.3, -0.25) is 0 Å². The van der Waals surface area contributed by atoms with Gasteiger partial charge in [0.05, 0.1) is 6.54 Å². The molecule has 0 fully saturated rings. The third-order valence-electron chi connectivity index (χ3n) is 2.63. The van der Waals surface area contributed by atoms with Gasteiger partial charge in [0.2, 0.25) is 0 Å². The van der Waals surface area contributed by atoms with Crippen LogP contribution in [0.1, 0.15) is 38.9 Å². The minimum atomic E-state index is 0.476. The second kappa shape index (κ2) is 7.63. The highest BCUT2D eigenvalue weighted by atomic mass is 35.5. The van der Waals surface area contributed by atoms with Crippen LogP contribution in [0.25, 0.3) is 0 Å². The Labute approximate surface area is 102 Å². The third kappa shape index (κ3) is 4.10. The van der Waals surface area contributed by atoms with Gasteiger partial charge in [-0.2, -0.15) is 5.10 Å². The SMILES string of the molecule is CCCn1ncnc1CNC(CC)CCCl. The molecule has 0 saturated carbocycles.